The minimum absolute atomic E-state index is 0.162. The second-order valence-corrected chi connectivity index (χ2v) is 7.42. The molecule has 4 aromatic rings. The van der Waals surface area contributed by atoms with E-state index in [0.717, 1.165) is 17.7 Å². The topological polar surface area (TPSA) is 52.2 Å². The monoisotopic (exact) mass is 418 g/mol. The van der Waals surface area contributed by atoms with E-state index in [2.05, 4.69) is 10.2 Å². The fraction of sp³-hybridized carbons (Fsp3) is 0.105. The van der Waals surface area contributed by atoms with Gasteiger partial charge in [0.1, 0.15) is 0 Å². The molecule has 0 unspecified atom stereocenters. The van der Waals surface area contributed by atoms with Crippen molar-refractivity contribution in [3.63, 3.8) is 0 Å². The van der Waals surface area contributed by atoms with Crippen LogP contribution in [0.4, 0.5) is 8.78 Å². The van der Waals surface area contributed by atoms with Crippen LogP contribution in [-0.4, -0.2) is 19.2 Å². The van der Waals surface area contributed by atoms with Gasteiger partial charge in [0, 0.05) is 23.2 Å². The molecule has 0 amide bonds. The first-order chi connectivity index (χ1) is 13.5. The van der Waals surface area contributed by atoms with Crippen molar-refractivity contribution in [1.82, 2.24) is 19.2 Å². The standard InChI is InChI=1S/C19H13ClF2N4OS/c1-11-13(20)3-2-4-16(11)25-7-8-26-17(18(25)27)23-24-19(26)28-10-12-5-6-14(21)15(22)9-12/h2-9H,10H2,1H3. The number of halogens is 3. The summed E-state index contributed by atoms with van der Waals surface area (Å²) < 4.78 is 29.4. The summed E-state index contributed by atoms with van der Waals surface area (Å²) in [7, 11) is 0. The van der Waals surface area contributed by atoms with Crippen molar-refractivity contribution < 1.29 is 8.78 Å². The van der Waals surface area contributed by atoms with E-state index >= 15 is 0 Å². The van der Waals surface area contributed by atoms with Crippen LogP contribution in [-0.2, 0) is 5.75 Å². The summed E-state index contributed by atoms with van der Waals surface area (Å²) in [6, 6.07) is 9.06. The first kappa shape index (κ1) is 18.6. The number of benzene rings is 2. The Morgan fingerprint density at radius 3 is 2.71 bits per heavy atom. The van der Waals surface area contributed by atoms with Crippen LogP contribution in [0.1, 0.15) is 11.1 Å². The highest BCUT2D eigenvalue weighted by atomic mass is 35.5. The van der Waals surface area contributed by atoms with Gasteiger partial charge in [-0.05, 0) is 42.3 Å². The van der Waals surface area contributed by atoms with Crippen molar-refractivity contribution in [2.45, 2.75) is 17.8 Å². The lowest BCUT2D eigenvalue weighted by Crippen LogP contribution is -2.21. The predicted molar refractivity (Wildman–Crippen MR) is 104 cm³/mol. The van der Waals surface area contributed by atoms with E-state index in [1.807, 2.05) is 6.92 Å². The van der Waals surface area contributed by atoms with Crippen molar-refractivity contribution in [3.8, 4) is 5.69 Å². The maximum Gasteiger partial charge on any atom is 0.300 e. The van der Waals surface area contributed by atoms with Crippen molar-refractivity contribution >= 4 is 29.0 Å². The van der Waals surface area contributed by atoms with Crippen LogP contribution >= 0.6 is 23.4 Å². The van der Waals surface area contributed by atoms with Crippen molar-refractivity contribution in [2.24, 2.45) is 0 Å². The van der Waals surface area contributed by atoms with E-state index in [-0.39, 0.29) is 11.2 Å². The normalized spacial score (nSPS) is 11.3. The highest BCUT2D eigenvalue weighted by Crippen LogP contribution is 2.24. The lowest BCUT2D eigenvalue weighted by molar-refractivity contribution is 0.507. The number of rotatable bonds is 4. The first-order valence-electron chi connectivity index (χ1n) is 8.24. The SMILES string of the molecule is Cc1c(Cl)cccc1-n1ccn2c(SCc3ccc(F)c(F)c3)nnc2c1=O. The van der Waals surface area contributed by atoms with Gasteiger partial charge in [-0.15, -0.1) is 10.2 Å². The second kappa shape index (κ2) is 7.37. The van der Waals surface area contributed by atoms with Gasteiger partial charge >= 0.3 is 5.56 Å². The molecule has 2 heterocycles. The third-order valence-electron chi connectivity index (χ3n) is 4.29. The Balaban J connectivity index is 1.67. The zero-order valence-corrected chi connectivity index (χ0v) is 16.1. The molecule has 0 aliphatic heterocycles. The van der Waals surface area contributed by atoms with Crippen LogP contribution in [0, 0.1) is 18.6 Å². The van der Waals surface area contributed by atoms with Crippen LogP contribution in [0.5, 0.6) is 0 Å². The molecule has 0 aliphatic carbocycles. The second-order valence-electron chi connectivity index (χ2n) is 6.07. The number of thioether (sulfide) groups is 1. The number of hydrogen-bond donors (Lipinski definition) is 0. The van der Waals surface area contributed by atoms with Crippen LogP contribution in [0.3, 0.4) is 0 Å². The third kappa shape index (κ3) is 3.29. The molecule has 0 saturated carbocycles. The van der Waals surface area contributed by atoms with Crippen molar-refractivity contribution in [3.05, 3.63) is 86.9 Å². The predicted octanol–water partition coefficient (Wildman–Crippen LogP) is 4.41. The van der Waals surface area contributed by atoms with Gasteiger partial charge in [0.15, 0.2) is 16.8 Å². The van der Waals surface area contributed by atoms with E-state index in [0.29, 0.717) is 27.2 Å². The van der Waals surface area contributed by atoms with E-state index < -0.39 is 11.6 Å². The molecular formula is C19H13ClF2N4OS. The Hall–Kier alpha value is -2.71. The van der Waals surface area contributed by atoms with Crippen LogP contribution in [0.2, 0.25) is 5.02 Å². The summed E-state index contributed by atoms with van der Waals surface area (Å²) >= 11 is 7.43. The number of fused-ring (bicyclic) bond motifs is 1. The molecule has 0 atom stereocenters. The Labute approximate surface area is 167 Å². The van der Waals surface area contributed by atoms with Crippen LogP contribution in [0.25, 0.3) is 11.3 Å². The first-order valence-corrected chi connectivity index (χ1v) is 9.60. The molecule has 4 rings (SSSR count). The van der Waals surface area contributed by atoms with E-state index in [4.69, 9.17) is 11.6 Å². The molecule has 28 heavy (non-hydrogen) atoms. The van der Waals surface area contributed by atoms with Gasteiger partial charge in [-0.2, -0.15) is 0 Å². The lowest BCUT2D eigenvalue weighted by Gasteiger charge is -2.10. The maximum absolute atomic E-state index is 13.3. The molecule has 5 nitrogen and oxygen atoms in total. The highest BCUT2D eigenvalue weighted by molar-refractivity contribution is 7.98. The summed E-state index contributed by atoms with van der Waals surface area (Å²) in [5, 5.41) is 9.09. The molecule has 0 saturated heterocycles. The molecule has 0 fully saturated rings. The molecule has 2 aromatic carbocycles. The zero-order chi connectivity index (χ0) is 19.8. The largest absolute Gasteiger partial charge is 0.300 e. The number of aromatic nitrogens is 4. The van der Waals surface area contributed by atoms with Gasteiger partial charge in [-0.3, -0.25) is 13.8 Å². The molecule has 0 radical (unpaired) electrons. The molecular weight excluding hydrogens is 406 g/mol. The van der Waals surface area contributed by atoms with Crippen molar-refractivity contribution in [2.75, 3.05) is 0 Å². The summed E-state index contributed by atoms with van der Waals surface area (Å²) in [5.74, 6) is -1.43. The lowest BCUT2D eigenvalue weighted by atomic mass is 10.2. The fourth-order valence-corrected chi connectivity index (χ4v) is 3.82. The van der Waals surface area contributed by atoms with E-state index in [1.165, 1.54) is 22.4 Å². The van der Waals surface area contributed by atoms with Crippen LogP contribution in [0.15, 0.2) is 58.7 Å². The molecule has 9 heteroatoms. The summed E-state index contributed by atoms with van der Waals surface area (Å²) in [6.07, 6.45) is 3.31. The Morgan fingerprint density at radius 2 is 1.93 bits per heavy atom. The minimum atomic E-state index is -0.899. The van der Waals surface area contributed by atoms with E-state index in [1.54, 1.807) is 35.0 Å². The molecule has 0 aliphatic rings. The zero-order valence-electron chi connectivity index (χ0n) is 14.6. The van der Waals surface area contributed by atoms with Crippen molar-refractivity contribution in [1.29, 1.82) is 0 Å². The number of nitrogens with zero attached hydrogens (tertiary/aromatic N) is 4. The average Bonchev–Trinajstić information content (AvgIpc) is 3.10. The Morgan fingerprint density at radius 1 is 1.11 bits per heavy atom. The van der Waals surface area contributed by atoms with Gasteiger partial charge in [0.25, 0.3) is 0 Å². The molecule has 2 aromatic heterocycles. The summed E-state index contributed by atoms with van der Waals surface area (Å²) in [5.41, 5.74) is 1.88. The van der Waals surface area contributed by atoms with Gasteiger partial charge < -0.3 is 0 Å². The smallest absolute Gasteiger partial charge is 0.279 e. The average molecular weight is 419 g/mol. The number of hydrogen-bond acceptors (Lipinski definition) is 4. The molecule has 0 spiro atoms. The Kier molecular flexibility index (Phi) is 4.91. The van der Waals surface area contributed by atoms with Gasteiger partial charge in [0.2, 0.25) is 5.65 Å². The van der Waals surface area contributed by atoms with Gasteiger partial charge in [-0.1, -0.05) is 35.5 Å². The van der Waals surface area contributed by atoms with Crippen LogP contribution < -0.4 is 5.56 Å². The minimum Gasteiger partial charge on any atom is -0.279 e. The maximum atomic E-state index is 13.3. The Bertz CT molecular complexity index is 1250. The molecule has 142 valence electrons. The molecule has 0 bridgehead atoms. The van der Waals surface area contributed by atoms with Gasteiger partial charge in [-0.25, -0.2) is 8.78 Å². The summed E-state index contributed by atoms with van der Waals surface area (Å²) in [4.78, 5) is 12.9. The fourth-order valence-electron chi connectivity index (χ4n) is 2.79. The summed E-state index contributed by atoms with van der Waals surface area (Å²) in [6.45, 7) is 1.83. The quantitative estimate of drug-likeness (QED) is 0.460. The third-order valence-corrected chi connectivity index (χ3v) is 5.71. The highest BCUT2D eigenvalue weighted by Gasteiger charge is 2.14. The van der Waals surface area contributed by atoms with E-state index in [9.17, 15) is 13.6 Å². The molecule has 0 N–H and O–H groups in total. The van der Waals surface area contributed by atoms with Gasteiger partial charge in [0.05, 0.1) is 5.69 Å².